The van der Waals surface area contributed by atoms with Gasteiger partial charge in [0.1, 0.15) is 12.4 Å². The second-order valence-electron chi connectivity index (χ2n) is 3.61. The van der Waals surface area contributed by atoms with E-state index in [1.54, 1.807) is 12.1 Å². The van der Waals surface area contributed by atoms with Gasteiger partial charge in [-0.15, -0.1) is 0 Å². The van der Waals surface area contributed by atoms with Gasteiger partial charge < -0.3 is 10.1 Å². The average Bonchev–Trinajstić information content (AvgIpc) is 2.74. The summed E-state index contributed by atoms with van der Waals surface area (Å²) in [5.41, 5.74) is 0.604. The smallest absolute Gasteiger partial charge is 0.169 e. The van der Waals surface area contributed by atoms with Gasteiger partial charge in [-0.25, -0.2) is 4.39 Å². The molecule has 3 nitrogen and oxygen atoms in total. The molecule has 0 aliphatic carbocycles. The Hall–Kier alpha value is -1.13. The van der Waals surface area contributed by atoms with Crippen LogP contribution < -0.4 is 5.32 Å². The Morgan fingerprint density at radius 2 is 2.44 bits per heavy atom. The Kier molecular flexibility index (Phi) is 3.74. The maximum Gasteiger partial charge on any atom is 0.169 e. The number of hydrogen-bond acceptors (Lipinski definition) is 3. The summed E-state index contributed by atoms with van der Waals surface area (Å²) in [4.78, 5) is 4.08. The quantitative estimate of drug-likeness (QED) is 0.876. The van der Waals surface area contributed by atoms with Crippen molar-refractivity contribution in [2.45, 2.75) is 12.6 Å². The number of hydrogen-bond donors (Lipinski definition) is 1. The summed E-state index contributed by atoms with van der Waals surface area (Å²) in [6.45, 7) is 1.74. The average molecular weight is 243 g/mol. The van der Waals surface area contributed by atoms with Crippen molar-refractivity contribution in [2.75, 3.05) is 13.2 Å². The molecule has 16 heavy (non-hydrogen) atoms. The van der Waals surface area contributed by atoms with Crippen LogP contribution in [0.3, 0.4) is 0 Å². The van der Waals surface area contributed by atoms with E-state index in [1.807, 2.05) is 0 Å². The fraction of sp³-hybridized carbons (Fsp3) is 0.364. The van der Waals surface area contributed by atoms with Gasteiger partial charge in [0.15, 0.2) is 6.40 Å². The van der Waals surface area contributed by atoms with E-state index in [-0.39, 0.29) is 11.9 Å². The van der Waals surface area contributed by atoms with E-state index in [0.717, 1.165) is 0 Å². The molecule has 0 radical (unpaired) electrons. The van der Waals surface area contributed by atoms with Crippen LogP contribution in [0.1, 0.15) is 5.56 Å². The summed E-state index contributed by atoms with van der Waals surface area (Å²) in [6.07, 6.45) is 1.45. The van der Waals surface area contributed by atoms with Crippen molar-refractivity contribution < 1.29 is 9.13 Å². The zero-order valence-corrected chi connectivity index (χ0v) is 9.38. The van der Waals surface area contributed by atoms with Gasteiger partial charge >= 0.3 is 0 Å². The summed E-state index contributed by atoms with van der Waals surface area (Å²) in [5, 5.41) is 3.54. The molecule has 0 spiro atoms. The zero-order valence-electron chi connectivity index (χ0n) is 8.62. The second kappa shape index (κ2) is 5.27. The normalized spacial score (nSPS) is 18.8. The highest BCUT2D eigenvalue weighted by molar-refractivity contribution is 6.30. The molecule has 0 bridgehead atoms. The van der Waals surface area contributed by atoms with Gasteiger partial charge in [0, 0.05) is 23.7 Å². The van der Waals surface area contributed by atoms with Crippen molar-refractivity contribution in [2.24, 2.45) is 4.99 Å². The standard InChI is InChI=1S/C11H12ClFN2O/c12-9-2-1-8(11(13)3-9)4-14-5-10-6-16-7-15-10/h1-3,7,10,14H,4-6H2. The number of rotatable bonds is 4. The highest BCUT2D eigenvalue weighted by atomic mass is 35.5. The lowest BCUT2D eigenvalue weighted by Gasteiger charge is -2.08. The molecule has 1 unspecified atom stereocenters. The van der Waals surface area contributed by atoms with Crippen molar-refractivity contribution in [3.05, 3.63) is 34.6 Å². The lowest BCUT2D eigenvalue weighted by Crippen LogP contribution is -2.26. The van der Waals surface area contributed by atoms with E-state index >= 15 is 0 Å². The number of nitrogens with zero attached hydrogens (tertiary/aromatic N) is 1. The van der Waals surface area contributed by atoms with E-state index in [2.05, 4.69) is 10.3 Å². The van der Waals surface area contributed by atoms with Crippen LogP contribution in [0.2, 0.25) is 5.02 Å². The molecule has 1 aromatic carbocycles. The molecular weight excluding hydrogens is 231 g/mol. The third-order valence-corrected chi connectivity index (χ3v) is 2.58. The van der Waals surface area contributed by atoms with Crippen LogP contribution in [0.25, 0.3) is 0 Å². The molecule has 0 aromatic heterocycles. The van der Waals surface area contributed by atoms with Crippen LogP contribution in [0.5, 0.6) is 0 Å². The van der Waals surface area contributed by atoms with E-state index in [4.69, 9.17) is 16.3 Å². The van der Waals surface area contributed by atoms with Crippen molar-refractivity contribution in [1.82, 2.24) is 5.32 Å². The molecule has 0 fully saturated rings. The van der Waals surface area contributed by atoms with Gasteiger partial charge in [-0.2, -0.15) is 0 Å². The van der Waals surface area contributed by atoms with Gasteiger partial charge in [-0.05, 0) is 12.1 Å². The van der Waals surface area contributed by atoms with E-state index in [0.29, 0.717) is 30.3 Å². The first kappa shape index (κ1) is 11.4. The number of benzene rings is 1. The largest absolute Gasteiger partial charge is 0.481 e. The first-order valence-electron chi connectivity index (χ1n) is 5.03. The zero-order chi connectivity index (χ0) is 11.4. The summed E-state index contributed by atoms with van der Waals surface area (Å²) in [6, 6.07) is 4.81. The van der Waals surface area contributed by atoms with Gasteiger partial charge in [-0.1, -0.05) is 17.7 Å². The van der Waals surface area contributed by atoms with Crippen molar-refractivity contribution in [3.8, 4) is 0 Å². The molecule has 0 amide bonds. The van der Waals surface area contributed by atoms with Crippen molar-refractivity contribution >= 4 is 18.0 Å². The second-order valence-corrected chi connectivity index (χ2v) is 4.04. The lowest BCUT2D eigenvalue weighted by molar-refractivity contribution is 0.323. The summed E-state index contributed by atoms with van der Waals surface area (Å²) in [5.74, 6) is -0.286. The van der Waals surface area contributed by atoms with Gasteiger partial charge in [0.25, 0.3) is 0 Å². The number of halogens is 2. The fourth-order valence-electron chi connectivity index (χ4n) is 1.48. The minimum Gasteiger partial charge on any atom is -0.481 e. The molecule has 5 heteroatoms. The first-order chi connectivity index (χ1) is 7.75. The highest BCUT2D eigenvalue weighted by Gasteiger charge is 2.11. The van der Waals surface area contributed by atoms with Crippen LogP contribution in [0.15, 0.2) is 23.2 Å². The minimum atomic E-state index is -0.286. The molecule has 2 rings (SSSR count). The predicted molar refractivity (Wildman–Crippen MR) is 61.3 cm³/mol. The van der Waals surface area contributed by atoms with E-state index in [9.17, 15) is 4.39 Å². The third kappa shape index (κ3) is 2.93. The van der Waals surface area contributed by atoms with Crippen LogP contribution in [-0.4, -0.2) is 25.6 Å². The monoisotopic (exact) mass is 242 g/mol. The molecule has 1 aromatic rings. The SMILES string of the molecule is Fc1cc(Cl)ccc1CNCC1COC=N1. The summed E-state index contributed by atoms with van der Waals surface area (Å²) in [7, 11) is 0. The Bertz CT molecular complexity index is 398. The maximum atomic E-state index is 13.4. The number of nitrogens with one attached hydrogen (secondary N) is 1. The summed E-state index contributed by atoms with van der Waals surface area (Å²) < 4.78 is 18.3. The molecule has 1 aliphatic heterocycles. The molecular formula is C11H12ClFN2O. The molecule has 0 saturated heterocycles. The molecule has 1 heterocycles. The lowest BCUT2D eigenvalue weighted by atomic mass is 10.2. The van der Waals surface area contributed by atoms with Crippen molar-refractivity contribution in [1.29, 1.82) is 0 Å². The minimum absolute atomic E-state index is 0.135. The number of ether oxygens (including phenoxy) is 1. The first-order valence-corrected chi connectivity index (χ1v) is 5.41. The Morgan fingerprint density at radius 3 is 3.12 bits per heavy atom. The van der Waals surface area contributed by atoms with Crippen LogP contribution in [0.4, 0.5) is 4.39 Å². The van der Waals surface area contributed by atoms with Gasteiger partial charge in [0.05, 0.1) is 6.04 Å². The Labute approximate surface area is 98.3 Å². The number of aliphatic imine (C=N–C) groups is 1. The molecule has 86 valence electrons. The van der Waals surface area contributed by atoms with E-state index < -0.39 is 0 Å². The Balaban J connectivity index is 1.82. The summed E-state index contributed by atoms with van der Waals surface area (Å²) >= 11 is 5.66. The third-order valence-electron chi connectivity index (χ3n) is 2.35. The van der Waals surface area contributed by atoms with Crippen molar-refractivity contribution in [3.63, 3.8) is 0 Å². The Morgan fingerprint density at radius 1 is 1.56 bits per heavy atom. The van der Waals surface area contributed by atoms with Crippen LogP contribution in [-0.2, 0) is 11.3 Å². The fourth-order valence-corrected chi connectivity index (χ4v) is 1.64. The molecule has 1 aliphatic rings. The van der Waals surface area contributed by atoms with E-state index in [1.165, 1.54) is 12.5 Å². The van der Waals surface area contributed by atoms with Gasteiger partial charge in [-0.3, -0.25) is 4.99 Å². The molecule has 1 N–H and O–H groups in total. The van der Waals surface area contributed by atoms with Crippen LogP contribution in [0, 0.1) is 5.82 Å². The van der Waals surface area contributed by atoms with Gasteiger partial charge in [0.2, 0.25) is 0 Å². The predicted octanol–water partition coefficient (Wildman–Crippen LogP) is 2.00. The topological polar surface area (TPSA) is 33.6 Å². The van der Waals surface area contributed by atoms with Crippen LogP contribution >= 0.6 is 11.6 Å². The highest BCUT2D eigenvalue weighted by Crippen LogP contribution is 2.14. The maximum absolute atomic E-state index is 13.4. The molecule has 1 atom stereocenters. The molecule has 0 saturated carbocycles.